The number of nitrogens with zero attached hydrogens (tertiary/aromatic N) is 4. The molecule has 0 aliphatic carbocycles. The van der Waals surface area contributed by atoms with Gasteiger partial charge in [-0.05, 0) is 86.6 Å². The number of carbonyl (C=O) groups excluding carboxylic acids is 1. The first-order valence-corrected chi connectivity index (χ1v) is 10.5. The predicted molar refractivity (Wildman–Crippen MR) is 130 cm³/mol. The smallest absolute Gasteiger partial charge is 0.271 e. The maximum absolute atomic E-state index is 12.5. The minimum atomic E-state index is -0.248. The summed E-state index contributed by atoms with van der Waals surface area (Å²) in [6.07, 6.45) is 3.62. The van der Waals surface area contributed by atoms with Crippen LogP contribution in [0.3, 0.4) is 0 Å². The van der Waals surface area contributed by atoms with Gasteiger partial charge in [-0.1, -0.05) is 0 Å². The zero-order valence-electron chi connectivity index (χ0n) is 18.8. The van der Waals surface area contributed by atoms with E-state index in [-0.39, 0.29) is 5.91 Å². The van der Waals surface area contributed by atoms with Gasteiger partial charge in [0, 0.05) is 54.3 Å². The molecular formula is C26H27N5O. The van der Waals surface area contributed by atoms with Gasteiger partial charge in [0.2, 0.25) is 0 Å². The third kappa shape index (κ3) is 4.34. The summed E-state index contributed by atoms with van der Waals surface area (Å²) in [5.41, 5.74) is 9.56. The second kappa shape index (κ2) is 8.98. The maximum atomic E-state index is 12.5. The van der Waals surface area contributed by atoms with Crippen LogP contribution in [0.5, 0.6) is 0 Å². The lowest BCUT2D eigenvalue weighted by atomic mass is 10.2. The molecule has 0 spiro atoms. The van der Waals surface area contributed by atoms with Gasteiger partial charge in [0.1, 0.15) is 0 Å². The first kappa shape index (κ1) is 21.2. The van der Waals surface area contributed by atoms with Crippen LogP contribution in [0.25, 0.3) is 11.4 Å². The summed E-state index contributed by atoms with van der Waals surface area (Å²) >= 11 is 0. The van der Waals surface area contributed by atoms with Crippen LogP contribution in [-0.2, 0) is 0 Å². The highest BCUT2D eigenvalue weighted by atomic mass is 16.2. The lowest BCUT2D eigenvalue weighted by Gasteiger charge is -2.13. The molecule has 1 N–H and O–H groups in total. The van der Waals surface area contributed by atoms with Crippen LogP contribution in [0.4, 0.5) is 5.69 Å². The zero-order valence-corrected chi connectivity index (χ0v) is 18.8. The quantitative estimate of drug-likeness (QED) is 0.359. The highest BCUT2D eigenvalue weighted by Crippen LogP contribution is 2.18. The van der Waals surface area contributed by atoms with E-state index in [1.165, 1.54) is 0 Å². The Bertz CT molecular complexity index is 1220. The van der Waals surface area contributed by atoms with Gasteiger partial charge < -0.3 is 14.0 Å². The van der Waals surface area contributed by atoms with E-state index >= 15 is 0 Å². The Kier molecular flexibility index (Phi) is 5.94. The molecule has 2 aromatic carbocycles. The molecule has 0 saturated carbocycles. The molecule has 0 radical (unpaired) electrons. The van der Waals surface area contributed by atoms with Gasteiger partial charge in [-0.3, -0.25) is 4.79 Å². The van der Waals surface area contributed by atoms with Crippen molar-refractivity contribution in [1.82, 2.24) is 14.6 Å². The third-order valence-electron chi connectivity index (χ3n) is 5.45. The number of benzene rings is 2. The van der Waals surface area contributed by atoms with Crippen LogP contribution in [-0.4, -0.2) is 35.4 Å². The fourth-order valence-electron chi connectivity index (χ4n) is 3.70. The number of nitrogens with one attached hydrogen (secondary N) is 1. The Morgan fingerprint density at radius 3 is 2.12 bits per heavy atom. The maximum Gasteiger partial charge on any atom is 0.271 e. The summed E-state index contributed by atoms with van der Waals surface area (Å²) in [4.78, 5) is 14.6. The first-order chi connectivity index (χ1) is 15.4. The van der Waals surface area contributed by atoms with E-state index in [9.17, 15) is 4.79 Å². The molecule has 4 rings (SSSR count). The van der Waals surface area contributed by atoms with Crippen molar-refractivity contribution in [2.75, 3.05) is 19.0 Å². The standard InChI is InChI=1S/C26H27N5O/c1-19-7-8-20(2)31(19)24-11-9-21(10-12-24)26(32)28-27-18-25-6-5-17-30(25)23-15-13-22(14-16-23)29(3)4/h5-18H,1-4H3,(H,28,32)/b27-18-. The normalized spacial score (nSPS) is 11.1. The summed E-state index contributed by atoms with van der Waals surface area (Å²) in [5, 5.41) is 4.16. The Balaban J connectivity index is 1.44. The largest absolute Gasteiger partial charge is 0.378 e. The molecule has 0 saturated heterocycles. The molecule has 0 bridgehead atoms. The second-order valence-corrected chi connectivity index (χ2v) is 7.91. The second-order valence-electron chi connectivity index (χ2n) is 7.91. The minimum Gasteiger partial charge on any atom is -0.378 e. The molecule has 0 unspecified atom stereocenters. The van der Waals surface area contributed by atoms with Gasteiger partial charge in [-0.15, -0.1) is 0 Å². The molecule has 0 atom stereocenters. The number of aryl methyl sites for hydroxylation is 2. The monoisotopic (exact) mass is 425 g/mol. The summed E-state index contributed by atoms with van der Waals surface area (Å²) < 4.78 is 4.17. The van der Waals surface area contributed by atoms with E-state index in [2.05, 4.69) is 70.2 Å². The van der Waals surface area contributed by atoms with Gasteiger partial charge in [0.15, 0.2) is 0 Å². The van der Waals surface area contributed by atoms with Crippen LogP contribution >= 0.6 is 0 Å². The highest BCUT2D eigenvalue weighted by Gasteiger charge is 2.08. The molecule has 32 heavy (non-hydrogen) atoms. The number of carbonyl (C=O) groups is 1. The van der Waals surface area contributed by atoms with Crippen molar-refractivity contribution >= 4 is 17.8 Å². The van der Waals surface area contributed by atoms with E-state index in [0.29, 0.717) is 5.56 Å². The van der Waals surface area contributed by atoms with Crippen LogP contribution in [0.1, 0.15) is 27.4 Å². The van der Waals surface area contributed by atoms with Crippen molar-refractivity contribution in [1.29, 1.82) is 0 Å². The van der Waals surface area contributed by atoms with Crippen LogP contribution < -0.4 is 10.3 Å². The molecule has 2 heterocycles. The van der Waals surface area contributed by atoms with Crippen molar-refractivity contribution < 1.29 is 4.79 Å². The number of hydrogen-bond donors (Lipinski definition) is 1. The van der Waals surface area contributed by atoms with Crippen molar-refractivity contribution in [2.45, 2.75) is 13.8 Å². The number of aromatic nitrogens is 2. The van der Waals surface area contributed by atoms with E-state index in [4.69, 9.17) is 0 Å². The molecule has 0 aliphatic heterocycles. The molecule has 0 aliphatic rings. The van der Waals surface area contributed by atoms with Gasteiger partial charge >= 0.3 is 0 Å². The van der Waals surface area contributed by atoms with E-state index in [1.807, 2.05) is 61.3 Å². The van der Waals surface area contributed by atoms with Crippen LogP contribution in [0.15, 0.2) is 84.1 Å². The number of rotatable bonds is 6. The fraction of sp³-hybridized carbons (Fsp3) is 0.154. The molecule has 6 heteroatoms. The topological polar surface area (TPSA) is 54.6 Å². The molecule has 2 aromatic heterocycles. The number of hydrogen-bond acceptors (Lipinski definition) is 3. The lowest BCUT2D eigenvalue weighted by molar-refractivity contribution is 0.0955. The van der Waals surface area contributed by atoms with E-state index in [1.54, 1.807) is 6.21 Å². The summed E-state index contributed by atoms with van der Waals surface area (Å²) in [7, 11) is 4.03. The molecule has 6 nitrogen and oxygen atoms in total. The number of hydrazone groups is 1. The first-order valence-electron chi connectivity index (χ1n) is 10.5. The fourth-order valence-corrected chi connectivity index (χ4v) is 3.70. The Morgan fingerprint density at radius 2 is 1.50 bits per heavy atom. The average Bonchev–Trinajstić information content (AvgIpc) is 3.40. The minimum absolute atomic E-state index is 0.248. The van der Waals surface area contributed by atoms with Crippen molar-refractivity contribution in [3.63, 3.8) is 0 Å². The Labute approximate surface area is 188 Å². The van der Waals surface area contributed by atoms with E-state index in [0.717, 1.165) is 34.1 Å². The lowest BCUT2D eigenvalue weighted by Crippen LogP contribution is -2.18. The summed E-state index contributed by atoms with van der Waals surface area (Å²) in [6, 6.07) is 23.8. The number of amides is 1. The van der Waals surface area contributed by atoms with Crippen LogP contribution in [0.2, 0.25) is 0 Å². The molecule has 1 amide bonds. The molecular weight excluding hydrogens is 398 g/mol. The van der Waals surface area contributed by atoms with Crippen molar-refractivity contribution in [3.8, 4) is 11.4 Å². The van der Waals surface area contributed by atoms with Crippen LogP contribution in [0, 0.1) is 13.8 Å². The predicted octanol–water partition coefficient (Wildman–Crippen LogP) is 4.71. The summed E-state index contributed by atoms with van der Waals surface area (Å²) in [5.74, 6) is -0.248. The Morgan fingerprint density at radius 1 is 0.875 bits per heavy atom. The van der Waals surface area contributed by atoms with Gasteiger partial charge in [-0.25, -0.2) is 5.43 Å². The Hall–Kier alpha value is -4.06. The van der Waals surface area contributed by atoms with Gasteiger partial charge in [0.25, 0.3) is 5.91 Å². The van der Waals surface area contributed by atoms with Crippen molar-refractivity contribution in [3.05, 3.63) is 102 Å². The van der Waals surface area contributed by atoms with Crippen molar-refractivity contribution in [2.24, 2.45) is 5.10 Å². The summed E-state index contributed by atoms with van der Waals surface area (Å²) in [6.45, 7) is 4.13. The highest BCUT2D eigenvalue weighted by molar-refractivity contribution is 5.95. The zero-order chi connectivity index (χ0) is 22.7. The molecule has 162 valence electrons. The SMILES string of the molecule is Cc1ccc(C)n1-c1ccc(C(=O)N/N=C\c2cccn2-c2ccc(N(C)C)cc2)cc1. The van der Waals surface area contributed by atoms with Gasteiger partial charge in [-0.2, -0.15) is 5.10 Å². The molecule has 4 aromatic rings. The van der Waals surface area contributed by atoms with E-state index < -0.39 is 0 Å². The number of anilines is 1. The molecule has 0 fully saturated rings. The van der Waals surface area contributed by atoms with Gasteiger partial charge in [0.05, 0.1) is 11.9 Å². The average molecular weight is 426 g/mol. The third-order valence-corrected chi connectivity index (χ3v) is 5.45.